The summed E-state index contributed by atoms with van der Waals surface area (Å²) in [6.45, 7) is 7.56. The molecule has 1 saturated heterocycles. The third kappa shape index (κ3) is 4.68. The number of aliphatic hydroxyl groups excluding tert-OH is 1. The van der Waals surface area contributed by atoms with E-state index in [-0.39, 0.29) is 31.0 Å². The van der Waals surface area contributed by atoms with E-state index in [1.54, 1.807) is 4.90 Å². The predicted molar refractivity (Wildman–Crippen MR) is 104 cm³/mol. The molecule has 1 aromatic rings. The zero-order valence-corrected chi connectivity index (χ0v) is 16.4. The van der Waals surface area contributed by atoms with Crippen molar-refractivity contribution >= 4 is 17.5 Å². The van der Waals surface area contributed by atoms with E-state index in [4.69, 9.17) is 15.6 Å². The van der Waals surface area contributed by atoms with Gasteiger partial charge in [0.15, 0.2) is 0 Å². The van der Waals surface area contributed by atoms with Crippen LogP contribution in [0, 0.1) is 5.92 Å². The van der Waals surface area contributed by atoms with E-state index >= 15 is 0 Å². The highest BCUT2D eigenvalue weighted by Gasteiger charge is 2.34. The maximum absolute atomic E-state index is 12.6. The summed E-state index contributed by atoms with van der Waals surface area (Å²) >= 11 is 0. The van der Waals surface area contributed by atoms with Crippen LogP contribution in [-0.2, 0) is 11.2 Å². The maximum Gasteiger partial charge on any atom is 0.320 e. The van der Waals surface area contributed by atoms with Crippen LogP contribution in [0.1, 0.15) is 45.1 Å². The van der Waals surface area contributed by atoms with Gasteiger partial charge < -0.3 is 20.5 Å². The van der Waals surface area contributed by atoms with Crippen molar-refractivity contribution in [2.75, 3.05) is 43.4 Å². The van der Waals surface area contributed by atoms with E-state index in [0.717, 1.165) is 45.3 Å². The molecular formula is C19H31N5O3. The van der Waals surface area contributed by atoms with E-state index in [0.29, 0.717) is 29.7 Å². The highest BCUT2D eigenvalue weighted by Crippen LogP contribution is 2.34. The number of ether oxygens (including phenoxy) is 1. The number of aromatic nitrogens is 2. The van der Waals surface area contributed by atoms with Gasteiger partial charge in [-0.3, -0.25) is 9.69 Å². The van der Waals surface area contributed by atoms with E-state index in [9.17, 15) is 4.79 Å². The summed E-state index contributed by atoms with van der Waals surface area (Å²) in [5, 5.41) is 9.07. The summed E-state index contributed by atoms with van der Waals surface area (Å²) in [5.74, 6) is 1.41. The number of rotatable bonds is 8. The van der Waals surface area contributed by atoms with Gasteiger partial charge in [0.1, 0.15) is 11.6 Å². The van der Waals surface area contributed by atoms with Crippen LogP contribution < -0.4 is 15.4 Å². The van der Waals surface area contributed by atoms with E-state index in [2.05, 4.69) is 21.8 Å². The first-order chi connectivity index (χ1) is 13.0. The van der Waals surface area contributed by atoms with Gasteiger partial charge in [0.25, 0.3) is 0 Å². The van der Waals surface area contributed by atoms with Crippen molar-refractivity contribution in [3.8, 4) is 6.01 Å². The molecule has 0 unspecified atom stereocenters. The van der Waals surface area contributed by atoms with Crippen LogP contribution in [0.15, 0.2) is 0 Å². The van der Waals surface area contributed by atoms with Crippen molar-refractivity contribution < 1.29 is 14.6 Å². The van der Waals surface area contributed by atoms with Crippen LogP contribution in [0.5, 0.6) is 6.01 Å². The first-order valence-corrected chi connectivity index (χ1v) is 9.98. The lowest BCUT2D eigenvalue weighted by atomic mass is 9.96. The van der Waals surface area contributed by atoms with E-state index in [1.165, 1.54) is 0 Å². The number of aliphatic hydroxyl groups is 1. The van der Waals surface area contributed by atoms with Crippen LogP contribution in [0.2, 0.25) is 0 Å². The second kappa shape index (κ2) is 8.84. The number of amides is 1. The average molecular weight is 377 g/mol. The summed E-state index contributed by atoms with van der Waals surface area (Å²) in [6.07, 6.45) is 4.22. The zero-order chi connectivity index (χ0) is 19.4. The van der Waals surface area contributed by atoms with Crippen LogP contribution in [-0.4, -0.2) is 64.8 Å². The minimum absolute atomic E-state index is 0.00820. The Bertz CT molecular complexity index is 661. The van der Waals surface area contributed by atoms with Gasteiger partial charge in [-0.25, -0.2) is 0 Å². The number of anilines is 2. The van der Waals surface area contributed by atoms with Gasteiger partial charge in [0, 0.05) is 18.7 Å². The van der Waals surface area contributed by atoms with Crippen LogP contribution in [0.25, 0.3) is 0 Å². The molecule has 0 spiro atoms. The van der Waals surface area contributed by atoms with Crippen molar-refractivity contribution in [2.24, 2.45) is 5.92 Å². The summed E-state index contributed by atoms with van der Waals surface area (Å²) in [7, 11) is 0. The SMILES string of the molecule is CCC[C@H](C)Oc1nc(N)c2c(n1)N(CC1CCN(CCO)CC1)C(=O)C2. The Labute approximate surface area is 160 Å². The van der Waals surface area contributed by atoms with Gasteiger partial charge in [0.05, 0.1) is 19.1 Å². The maximum atomic E-state index is 12.6. The fourth-order valence-electron chi connectivity index (χ4n) is 3.90. The topological polar surface area (TPSA) is 105 Å². The van der Waals surface area contributed by atoms with Crippen LogP contribution in [0.4, 0.5) is 11.6 Å². The first-order valence-electron chi connectivity index (χ1n) is 9.98. The molecule has 2 aliphatic rings. The molecule has 0 bridgehead atoms. The fourth-order valence-corrected chi connectivity index (χ4v) is 3.90. The van der Waals surface area contributed by atoms with Gasteiger partial charge in [-0.1, -0.05) is 13.3 Å². The Morgan fingerprint density at radius 2 is 2.07 bits per heavy atom. The summed E-state index contributed by atoms with van der Waals surface area (Å²) in [6, 6.07) is 0.254. The quantitative estimate of drug-likeness (QED) is 0.702. The predicted octanol–water partition coefficient (Wildman–Crippen LogP) is 1.22. The smallest absolute Gasteiger partial charge is 0.320 e. The number of nitrogens with two attached hydrogens (primary N) is 1. The fraction of sp³-hybridized carbons (Fsp3) is 0.737. The lowest BCUT2D eigenvalue weighted by Gasteiger charge is -2.33. The molecule has 0 saturated carbocycles. The Morgan fingerprint density at radius 1 is 1.33 bits per heavy atom. The monoisotopic (exact) mass is 377 g/mol. The third-order valence-corrected chi connectivity index (χ3v) is 5.45. The largest absolute Gasteiger partial charge is 0.460 e. The molecule has 2 aliphatic heterocycles. The Morgan fingerprint density at radius 3 is 2.74 bits per heavy atom. The van der Waals surface area contributed by atoms with Crippen molar-refractivity contribution in [1.29, 1.82) is 0 Å². The molecule has 0 radical (unpaired) electrons. The molecule has 3 N–H and O–H groups in total. The Hall–Kier alpha value is -1.93. The van der Waals surface area contributed by atoms with Crippen molar-refractivity contribution in [2.45, 2.75) is 52.1 Å². The number of piperidine rings is 1. The van der Waals surface area contributed by atoms with Gasteiger partial charge in [-0.15, -0.1) is 0 Å². The number of nitrogens with zero attached hydrogens (tertiary/aromatic N) is 4. The Kier molecular flexibility index (Phi) is 6.49. The standard InChI is InChI=1S/C19H31N5O3/c1-3-4-13(2)27-19-21-17(20)15-11-16(26)24(18(15)22-19)12-14-5-7-23(8-6-14)9-10-25/h13-14,25H,3-12H2,1-2H3,(H2,20,21,22)/t13-/m0/s1. The molecule has 3 rings (SSSR count). The number of fused-ring (bicyclic) bond motifs is 1. The highest BCUT2D eigenvalue weighted by atomic mass is 16.5. The lowest BCUT2D eigenvalue weighted by Crippen LogP contribution is -2.40. The van der Waals surface area contributed by atoms with Crippen LogP contribution in [0.3, 0.4) is 0 Å². The molecule has 1 amide bonds. The van der Waals surface area contributed by atoms with Crippen molar-refractivity contribution in [1.82, 2.24) is 14.9 Å². The molecule has 3 heterocycles. The molecule has 27 heavy (non-hydrogen) atoms. The number of likely N-dealkylation sites (tertiary alicyclic amines) is 1. The second-order valence-electron chi connectivity index (χ2n) is 7.60. The number of nitrogen functional groups attached to an aromatic ring is 1. The second-order valence-corrected chi connectivity index (χ2v) is 7.60. The summed E-state index contributed by atoms with van der Waals surface area (Å²) < 4.78 is 5.80. The number of carbonyl (C=O) groups is 1. The first kappa shape index (κ1) is 19.8. The van der Waals surface area contributed by atoms with Gasteiger partial charge in [-0.05, 0) is 45.2 Å². The minimum atomic E-state index is 0.00820. The third-order valence-electron chi connectivity index (χ3n) is 5.45. The van der Waals surface area contributed by atoms with Crippen LogP contribution >= 0.6 is 0 Å². The number of hydrogen-bond donors (Lipinski definition) is 2. The molecule has 0 aliphatic carbocycles. The number of carbonyl (C=O) groups excluding carboxylic acids is 1. The molecular weight excluding hydrogens is 346 g/mol. The molecule has 1 fully saturated rings. The zero-order valence-electron chi connectivity index (χ0n) is 16.4. The van der Waals surface area contributed by atoms with Gasteiger partial charge in [0.2, 0.25) is 5.91 Å². The summed E-state index contributed by atoms with van der Waals surface area (Å²) in [5.41, 5.74) is 6.81. The molecule has 150 valence electrons. The number of β-amino-alcohol motifs (C(OH)–C–C–N with tert-alkyl or cyclic N) is 1. The van der Waals surface area contributed by atoms with E-state index in [1.807, 2.05) is 6.92 Å². The molecule has 1 atom stereocenters. The van der Waals surface area contributed by atoms with Gasteiger partial charge in [-0.2, -0.15) is 9.97 Å². The minimum Gasteiger partial charge on any atom is -0.460 e. The molecule has 8 nitrogen and oxygen atoms in total. The normalized spacial score (nSPS) is 19.4. The lowest BCUT2D eigenvalue weighted by molar-refractivity contribution is -0.117. The molecule has 0 aromatic carbocycles. The van der Waals surface area contributed by atoms with Crippen molar-refractivity contribution in [3.05, 3.63) is 5.56 Å². The number of hydrogen-bond acceptors (Lipinski definition) is 7. The summed E-state index contributed by atoms with van der Waals surface area (Å²) in [4.78, 5) is 25.4. The molecule has 8 heteroatoms. The molecule has 1 aromatic heterocycles. The van der Waals surface area contributed by atoms with Crippen molar-refractivity contribution in [3.63, 3.8) is 0 Å². The highest BCUT2D eigenvalue weighted by molar-refractivity contribution is 6.01. The van der Waals surface area contributed by atoms with E-state index < -0.39 is 0 Å². The average Bonchev–Trinajstić information content (AvgIpc) is 2.94. The Balaban J connectivity index is 1.70. The van der Waals surface area contributed by atoms with Gasteiger partial charge >= 0.3 is 6.01 Å².